The molecule has 1 aliphatic heterocycles. The second-order valence-corrected chi connectivity index (χ2v) is 4.24. The van der Waals surface area contributed by atoms with Crippen LogP contribution in [-0.4, -0.2) is 42.2 Å². The van der Waals surface area contributed by atoms with E-state index in [1.54, 1.807) is 29.2 Å². The lowest BCUT2D eigenvalue weighted by Gasteiger charge is -2.38. The Bertz CT molecular complexity index is 475. The predicted molar refractivity (Wildman–Crippen MR) is 63.8 cm³/mol. The summed E-state index contributed by atoms with van der Waals surface area (Å²) in [6, 6.07) is 8.82. The molecule has 1 N–H and O–H groups in total. The molecule has 0 spiro atoms. The third-order valence-electron chi connectivity index (χ3n) is 2.93. The van der Waals surface area contributed by atoms with E-state index in [0.717, 1.165) is 0 Å². The standard InChI is InChI=1S/C13H14N2O3/c14-5-11-3-1-2-4-12(11)18-9-13(17)15-6-10(7-15)8-16/h1-4,10,16H,6-9H2. The van der Waals surface area contributed by atoms with Crippen LogP contribution >= 0.6 is 0 Å². The maximum Gasteiger partial charge on any atom is 0.260 e. The number of hydrogen-bond acceptors (Lipinski definition) is 4. The van der Waals surface area contributed by atoms with Crippen LogP contribution in [0.25, 0.3) is 0 Å². The van der Waals surface area contributed by atoms with E-state index in [4.69, 9.17) is 15.1 Å². The van der Waals surface area contributed by atoms with Gasteiger partial charge in [-0.15, -0.1) is 0 Å². The van der Waals surface area contributed by atoms with E-state index in [2.05, 4.69) is 0 Å². The molecule has 0 bridgehead atoms. The van der Waals surface area contributed by atoms with Crippen molar-refractivity contribution < 1.29 is 14.6 Å². The van der Waals surface area contributed by atoms with E-state index in [9.17, 15) is 4.79 Å². The molecule has 0 atom stereocenters. The number of benzene rings is 1. The van der Waals surface area contributed by atoms with Gasteiger partial charge >= 0.3 is 0 Å². The van der Waals surface area contributed by atoms with Gasteiger partial charge in [0.05, 0.1) is 5.56 Å². The third-order valence-corrected chi connectivity index (χ3v) is 2.93. The number of ether oxygens (including phenoxy) is 1. The Morgan fingerprint density at radius 1 is 1.50 bits per heavy atom. The van der Waals surface area contributed by atoms with Crippen molar-refractivity contribution in [3.63, 3.8) is 0 Å². The number of nitriles is 1. The van der Waals surface area contributed by atoms with Gasteiger partial charge in [-0.1, -0.05) is 12.1 Å². The van der Waals surface area contributed by atoms with Gasteiger partial charge in [0.25, 0.3) is 5.91 Å². The number of aliphatic hydroxyl groups excluding tert-OH is 1. The number of aliphatic hydroxyl groups is 1. The lowest BCUT2D eigenvalue weighted by atomic mass is 10.0. The number of para-hydroxylation sites is 1. The molecule has 0 unspecified atom stereocenters. The van der Waals surface area contributed by atoms with Crippen molar-refractivity contribution >= 4 is 5.91 Å². The lowest BCUT2D eigenvalue weighted by Crippen LogP contribution is -2.52. The molecule has 1 heterocycles. The van der Waals surface area contributed by atoms with Crippen LogP contribution in [0.2, 0.25) is 0 Å². The Hall–Kier alpha value is -2.06. The van der Waals surface area contributed by atoms with Crippen molar-refractivity contribution in [1.82, 2.24) is 4.90 Å². The first-order valence-corrected chi connectivity index (χ1v) is 5.75. The highest BCUT2D eigenvalue weighted by molar-refractivity contribution is 5.78. The predicted octanol–water partition coefficient (Wildman–Crippen LogP) is 0.388. The molecule has 0 radical (unpaired) electrons. The molecule has 5 nitrogen and oxygen atoms in total. The average molecular weight is 246 g/mol. The van der Waals surface area contributed by atoms with Crippen LogP contribution in [0.1, 0.15) is 5.56 Å². The zero-order valence-corrected chi connectivity index (χ0v) is 9.87. The number of rotatable bonds is 4. The van der Waals surface area contributed by atoms with Crippen molar-refractivity contribution in [1.29, 1.82) is 5.26 Å². The van der Waals surface area contributed by atoms with Crippen LogP contribution < -0.4 is 4.74 Å². The molecule has 1 saturated heterocycles. The van der Waals surface area contributed by atoms with E-state index >= 15 is 0 Å². The smallest absolute Gasteiger partial charge is 0.260 e. The van der Waals surface area contributed by atoms with Gasteiger partial charge in [-0.2, -0.15) is 5.26 Å². The van der Waals surface area contributed by atoms with Crippen molar-refractivity contribution in [2.75, 3.05) is 26.3 Å². The van der Waals surface area contributed by atoms with Gasteiger partial charge in [-0.05, 0) is 12.1 Å². The van der Waals surface area contributed by atoms with Gasteiger partial charge in [-0.25, -0.2) is 0 Å². The van der Waals surface area contributed by atoms with E-state index in [0.29, 0.717) is 24.4 Å². The topological polar surface area (TPSA) is 73.6 Å². The van der Waals surface area contributed by atoms with E-state index in [-0.39, 0.29) is 25.0 Å². The minimum Gasteiger partial charge on any atom is -0.482 e. The maximum atomic E-state index is 11.7. The summed E-state index contributed by atoms with van der Waals surface area (Å²) in [5.74, 6) is 0.500. The summed E-state index contributed by atoms with van der Waals surface area (Å²) in [6.45, 7) is 1.20. The summed E-state index contributed by atoms with van der Waals surface area (Å²) in [6.07, 6.45) is 0. The summed E-state index contributed by atoms with van der Waals surface area (Å²) in [4.78, 5) is 13.3. The summed E-state index contributed by atoms with van der Waals surface area (Å²) in [5, 5.41) is 17.7. The molecule has 5 heteroatoms. The first-order chi connectivity index (χ1) is 8.74. The molecule has 1 aromatic rings. The summed E-state index contributed by atoms with van der Waals surface area (Å²) < 4.78 is 5.34. The molecule has 94 valence electrons. The summed E-state index contributed by atoms with van der Waals surface area (Å²) in [7, 11) is 0. The minimum atomic E-state index is -0.118. The van der Waals surface area contributed by atoms with Crippen molar-refractivity contribution in [3.05, 3.63) is 29.8 Å². The van der Waals surface area contributed by atoms with Crippen LogP contribution in [0.5, 0.6) is 5.75 Å². The highest BCUT2D eigenvalue weighted by Gasteiger charge is 2.29. The quantitative estimate of drug-likeness (QED) is 0.834. The van der Waals surface area contributed by atoms with Crippen LogP contribution in [0, 0.1) is 17.2 Å². The average Bonchev–Trinajstić information content (AvgIpc) is 2.35. The third kappa shape index (κ3) is 2.60. The number of hydrogen-bond donors (Lipinski definition) is 1. The molecule has 1 fully saturated rings. The van der Waals surface area contributed by atoms with Gasteiger partial charge in [0.2, 0.25) is 0 Å². The van der Waals surface area contributed by atoms with Gasteiger partial charge in [0.15, 0.2) is 6.61 Å². The van der Waals surface area contributed by atoms with E-state index in [1.807, 2.05) is 6.07 Å². The summed E-state index contributed by atoms with van der Waals surface area (Å²) >= 11 is 0. The molecule has 18 heavy (non-hydrogen) atoms. The Kier molecular flexibility index (Phi) is 3.80. The lowest BCUT2D eigenvalue weighted by molar-refractivity contribution is -0.140. The molecule has 2 rings (SSSR count). The number of amides is 1. The molecule has 0 saturated carbocycles. The van der Waals surface area contributed by atoms with E-state index < -0.39 is 0 Å². The molecular formula is C13H14N2O3. The largest absolute Gasteiger partial charge is 0.482 e. The van der Waals surface area contributed by atoms with Crippen LogP contribution in [0.4, 0.5) is 0 Å². The SMILES string of the molecule is N#Cc1ccccc1OCC(=O)N1CC(CO)C1. The maximum absolute atomic E-state index is 11.7. The first-order valence-electron chi connectivity index (χ1n) is 5.75. The zero-order chi connectivity index (χ0) is 13.0. The molecule has 0 aliphatic carbocycles. The fraction of sp³-hybridized carbons (Fsp3) is 0.385. The highest BCUT2D eigenvalue weighted by atomic mass is 16.5. The Morgan fingerprint density at radius 3 is 2.89 bits per heavy atom. The van der Waals surface area contributed by atoms with Gasteiger partial charge < -0.3 is 14.7 Å². The Labute approximate surface area is 105 Å². The van der Waals surface area contributed by atoms with Crippen molar-refractivity contribution in [2.45, 2.75) is 0 Å². The Morgan fingerprint density at radius 2 is 2.22 bits per heavy atom. The van der Waals surface area contributed by atoms with Crippen molar-refractivity contribution in [2.24, 2.45) is 5.92 Å². The number of nitrogens with zero attached hydrogens (tertiary/aromatic N) is 2. The molecule has 1 aliphatic rings. The van der Waals surface area contributed by atoms with Gasteiger partial charge in [-0.3, -0.25) is 4.79 Å². The molecule has 0 aromatic heterocycles. The number of likely N-dealkylation sites (tertiary alicyclic amines) is 1. The van der Waals surface area contributed by atoms with Crippen LogP contribution in [0.15, 0.2) is 24.3 Å². The van der Waals surface area contributed by atoms with Gasteiger partial charge in [0.1, 0.15) is 11.8 Å². The number of carbonyl (C=O) groups excluding carboxylic acids is 1. The monoisotopic (exact) mass is 246 g/mol. The van der Waals surface area contributed by atoms with Crippen LogP contribution in [-0.2, 0) is 4.79 Å². The second-order valence-electron chi connectivity index (χ2n) is 4.24. The fourth-order valence-corrected chi connectivity index (χ4v) is 1.80. The molecule has 1 aromatic carbocycles. The van der Waals surface area contributed by atoms with E-state index in [1.165, 1.54) is 0 Å². The van der Waals surface area contributed by atoms with Crippen molar-refractivity contribution in [3.8, 4) is 11.8 Å². The molecular weight excluding hydrogens is 232 g/mol. The van der Waals surface area contributed by atoms with Crippen LogP contribution in [0.3, 0.4) is 0 Å². The summed E-state index contributed by atoms with van der Waals surface area (Å²) in [5.41, 5.74) is 0.419. The fourth-order valence-electron chi connectivity index (χ4n) is 1.80. The highest BCUT2D eigenvalue weighted by Crippen LogP contribution is 2.18. The molecule has 1 amide bonds. The Balaban J connectivity index is 1.85. The minimum absolute atomic E-state index is 0.0726. The second kappa shape index (κ2) is 5.52. The zero-order valence-electron chi connectivity index (χ0n) is 9.87. The number of carbonyl (C=O) groups is 1. The first kappa shape index (κ1) is 12.4. The normalized spacial score (nSPS) is 14.8. The van der Waals surface area contributed by atoms with Gasteiger partial charge in [0, 0.05) is 25.6 Å².